The van der Waals surface area contributed by atoms with Gasteiger partial charge in [-0.05, 0) is 54.8 Å². The topological polar surface area (TPSA) is 149 Å². The lowest BCUT2D eigenvalue weighted by Gasteiger charge is -2.36. The van der Waals surface area contributed by atoms with Gasteiger partial charge in [-0.1, -0.05) is 68.2 Å². The number of hydrogen-bond acceptors (Lipinski definition) is 4. The van der Waals surface area contributed by atoms with Crippen LogP contribution < -0.4 is 0 Å². The van der Waals surface area contributed by atoms with Gasteiger partial charge in [-0.15, -0.1) is 0 Å². The van der Waals surface area contributed by atoms with Gasteiger partial charge in [0.2, 0.25) is 0 Å². The standard InChI is InChI=1S/C13H24O4.C12H20O4/c1-11(2,3)7-13(9(14)15,10(16)17)8-12(4,5)6;1-8(2)7-12(10(13)14,11(15)16)9-5-3-4-6-9/h7-8H2,1-6H3,(H,14,15)(H,16,17);8-9H,3-7H2,1-2H3,(H,13,14)(H,15,16). The van der Waals surface area contributed by atoms with Crippen molar-refractivity contribution in [3.63, 3.8) is 0 Å². The van der Waals surface area contributed by atoms with Crippen molar-refractivity contribution in [2.45, 2.75) is 100 Å². The predicted octanol–water partition coefficient (Wildman–Crippen LogP) is 5.39. The second kappa shape index (κ2) is 11.3. The molecule has 8 heteroatoms. The lowest BCUT2D eigenvalue weighted by atomic mass is 9.66. The highest BCUT2D eigenvalue weighted by Gasteiger charge is 2.53. The molecule has 4 N–H and O–H groups in total. The number of carboxylic acid groups (broad SMARTS) is 4. The van der Waals surface area contributed by atoms with Crippen molar-refractivity contribution in [1.82, 2.24) is 0 Å². The highest BCUT2D eigenvalue weighted by atomic mass is 16.4. The first-order valence-corrected chi connectivity index (χ1v) is 11.6. The quantitative estimate of drug-likeness (QED) is 0.326. The van der Waals surface area contributed by atoms with Gasteiger partial charge >= 0.3 is 23.9 Å². The average Bonchev–Trinajstić information content (AvgIpc) is 3.10. The summed E-state index contributed by atoms with van der Waals surface area (Å²) in [4.78, 5) is 45.7. The molecule has 0 bridgehead atoms. The van der Waals surface area contributed by atoms with Crippen molar-refractivity contribution >= 4 is 23.9 Å². The summed E-state index contributed by atoms with van der Waals surface area (Å²) < 4.78 is 0. The smallest absolute Gasteiger partial charge is 0.321 e. The Morgan fingerprint density at radius 3 is 1.24 bits per heavy atom. The van der Waals surface area contributed by atoms with E-state index < -0.39 is 34.7 Å². The first-order valence-electron chi connectivity index (χ1n) is 11.6. The van der Waals surface area contributed by atoms with Gasteiger partial charge < -0.3 is 20.4 Å². The largest absolute Gasteiger partial charge is 0.480 e. The molecule has 0 amide bonds. The summed E-state index contributed by atoms with van der Waals surface area (Å²) in [5.74, 6) is -4.94. The predicted molar refractivity (Wildman–Crippen MR) is 125 cm³/mol. The van der Waals surface area contributed by atoms with Crippen molar-refractivity contribution < 1.29 is 39.6 Å². The number of carbonyl (C=O) groups is 4. The van der Waals surface area contributed by atoms with Gasteiger partial charge in [0.25, 0.3) is 0 Å². The maximum Gasteiger partial charge on any atom is 0.321 e. The van der Waals surface area contributed by atoms with E-state index in [2.05, 4.69) is 0 Å². The fraction of sp³-hybridized carbons (Fsp3) is 0.840. The monoisotopic (exact) mass is 472 g/mol. The van der Waals surface area contributed by atoms with Gasteiger partial charge in [0, 0.05) is 0 Å². The van der Waals surface area contributed by atoms with Gasteiger partial charge in [-0.25, -0.2) is 0 Å². The van der Waals surface area contributed by atoms with Crippen LogP contribution in [0.3, 0.4) is 0 Å². The first kappa shape index (κ1) is 30.9. The van der Waals surface area contributed by atoms with E-state index in [4.69, 9.17) is 0 Å². The van der Waals surface area contributed by atoms with E-state index in [1.165, 1.54) is 0 Å². The zero-order chi connectivity index (χ0) is 26.4. The summed E-state index contributed by atoms with van der Waals surface area (Å²) >= 11 is 0. The SMILES string of the molecule is CC(C)(C)CC(CC(C)(C)C)(C(=O)O)C(=O)O.CC(C)CC(C(=O)O)(C(=O)O)C1CCCC1. The van der Waals surface area contributed by atoms with Gasteiger partial charge in [-0.3, -0.25) is 19.2 Å². The molecule has 0 aromatic carbocycles. The molecule has 192 valence electrons. The normalized spacial score (nSPS) is 15.7. The van der Waals surface area contributed by atoms with Gasteiger partial charge in [0.15, 0.2) is 10.8 Å². The van der Waals surface area contributed by atoms with Crippen LogP contribution in [0.5, 0.6) is 0 Å². The van der Waals surface area contributed by atoms with Crippen molar-refractivity contribution in [3.8, 4) is 0 Å². The Morgan fingerprint density at radius 2 is 1.03 bits per heavy atom. The third-order valence-electron chi connectivity index (χ3n) is 6.03. The van der Waals surface area contributed by atoms with Gasteiger partial charge in [0.1, 0.15) is 0 Å². The van der Waals surface area contributed by atoms with Crippen LogP contribution in [0.4, 0.5) is 0 Å². The molecule has 0 atom stereocenters. The van der Waals surface area contributed by atoms with E-state index in [0.29, 0.717) is 0 Å². The molecule has 8 nitrogen and oxygen atoms in total. The van der Waals surface area contributed by atoms with Crippen LogP contribution in [-0.4, -0.2) is 44.3 Å². The van der Waals surface area contributed by atoms with Crippen LogP contribution in [-0.2, 0) is 19.2 Å². The van der Waals surface area contributed by atoms with Crippen molar-refractivity contribution in [2.75, 3.05) is 0 Å². The molecule has 0 heterocycles. The van der Waals surface area contributed by atoms with Crippen LogP contribution in [0.2, 0.25) is 0 Å². The van der Waals surface area contributed by atoms with E-state index in [9.17, 15) is 39.6 Å². The lowest BCUT2D eigenvalue weighted by molar-refractivity contribution is -0.172. The lowest BCUT2D eigenvalue weighted by Crippen LogP contribution is -2.46. The van der Waals surface area contributed by atoms with Crippen LogP contribution in [0.1, 0.15) is 100 Å². The van der Waals surface area contributed by atoms with E-state index in [1.807, 2.05) is 55.4 Å². The minimum atomic E-state index is -1.70. The van der Waals surface area contributed by atoms with Crippen molar-refractivity contribution in [2.24, 2.45) is 33.5 Å². The van der Waals surface area contributed by atoms with Crippen LogP contribution >= 0.6 is 0 Å². The molecule has 1 saturated carbocycles. The summed E-state index contributed by atoms with van der Waals surface area (Å²) in [6, 6.07) is 0. The summed E-state index contributed by atoms with van der Waals surface area (Å²) in [5.41, 5.74) is -3.95. The van der Waals surface area contributed by atoms with Crippen molar-refractivity contribution in [1.29, 1.82) is 0 Å². The zero-order valence-corrected chi connectivity index (χ0v) is 21.5. The molecule has 0 spiro atoms. The molecule has 0 unspecified atom stereocenters. The Kier molecular flexibility index (Phi) is 10.6. The maximum absolute atomic E-state index is 11.4. The molecular formula is C25H44O8. The van der Waals surface area contributed by atoms with E-state index >= 15 is 0 Å². The van der Waals surface area contributed by atoms with Crippen LogP contribution in [0, 0.1) is 33.5 Å². The van der Waals surface area contributed by atoms with E-state index in [1.54, 1.807) is 0 Å². The summed E-state index contributed by atoms with van der Waals surface area (Å²) in [7, 11) is 0. The minimum Gasteiger partial charge on any atom is -0.480 e. The second-order valence-corrected chi connectivity index (χ2v) is 12.3. The fourth-order valence-corrected chi connectivity index (χ4v) is 5.11. The highest BCUT2D eigenvalue weighted by molar-refractivity contribution is 5.99. The third kappa shape index (κ3) is 8.63. The molecule has 0 aliphatic heterocycles. The molecule has 0 saturated heterocycles. The molecule has 0 aromatic rings. The molecule has 1 aliphatic carbocycles. The maximum atomic E-state index is 11.4. The molecule has 1 fully saturated rings. The Morgan fingerprint density at radius 1 is 0.697 bits per heavy atom. The number of hydrogen-bond donors (Lipinski definition) is 4. The third-order valence-corrected chi connectivity index (χ3v) is 6.03. The zero-order valence-electron chi connectivity index (χ0n) is 21.5. The first-order chi connectivity index (χ1) is 14.7. The minimum absolute atomic E-state index is 0.0767. The van der Waals surface area contributed by atoms with Crippen molar-refractivity contribution in [3.05, 3.63) is 0 Å². The van der Waals surface area contributed by atoms with Gasteiger partial charge in [-0.2, -0.15) is 0 Å². The molecule has 1 aliphatic rings. The van der Waals surface area contributed by atoms with E-state index in [0.717, 1.165) is 25.7 Å². The number of rotatable bonds is 9. The Labute approximate surface area is 197 Å². The van der Waals surface area contributed by atoms with E-state index in [-0.39, 0.29) is 41.9 Å². The molecule has 0 aromatic heterocycles. The van der Waals surface area contributed by atoms with Gasteiger partial charge in [0.05, 0.1) is 0 Å². The molecule has 1 rings (SSSR count). The second-order valence-electron chi connectivity index (χ2n) is 12.3. The van der Waals surface area contributed by atoms with Crippen LogP contribution in [0.25, 0.3) is 0 Å². The summed E-state index contributed by atoms with van der Waals surface area (Å²) in [6.07, 6.45) is 3.83. The summed E-state index contributed by atoms with van der Waals surface area (Å²) in [5, 5.41) is 37.3. The molecular weight excluding hydrogens is 428 g/mol. The molecule has 0 radical (unpaired) electrons. The Hall–Kier alpha value is -2.12. The molecule has 33 heavy (non-hydrogen) atoms. The number of carboxylic acids is 4. The van der Waals surface area contributed by atoms with Crippen LogP contribution in [0.15, 0.2) is 0 Å². The highest BCUT2D eigenvalue weighted by Crippen LogP contribution is 2.45. The number of aliphatic carboxylic acids is 4. The Balaban J connectivity index is 0.000000621. The fourth-order valence-electron chi connectivity index (χ4n) is 5.11. The average molecular weight is 473 g/mol. The summed E-state index contributed by atoms with van der Waals surface area (Å²) in [6.45, 7) is 14.9. The Bertz CT molecular complexity index is 657.